The summed E-state index contributed by atoms with van der Waals surface area (Å²) in [7, 11) is 0. The summed E-state index contributed by atoms with van der Waals surface area (Å²) in [5.74, 6) is 0. The van der Waals surface area contributed by atoms with Crippen molar-refractivity contribution < 1.29 is 13.2 Å². The van der Waals surface area contributed by atoms with E-state index in [9.17, 15) is 18.0 Å². The van der Waals surface area contributed by atoms with Gasteiger partial charge in [-0.15, -0.1) is 0 Å². The Morgan fingerprint density at radius 2 is 2.04 bits per heavy atom. The first-order valence-corrected chi connectivity index (χ1v) is 8.43. The van der Waals surface area contributed by atoms with Crippen molar-refractivity contribution in [1.82, 2.24) is 9.55 Å². The molecule has 0 amide bonds. The fourth-order valence-electron chi connectivity index (χ4n) is 3.09. The lowest BCUT2D eigenvalue weighted by molar-refractivity contribution is -0.137. The molecule has 1 aliphatic rings. The standard InChI is InChI=1S/C18H17F3N2OS/c1-2-4-11-9-13(18(19,20)21)8-7-12(11)10-23-15-6-3-5-14(15)16(24)22-17(23)25/h3,6-9H,2,4-5,10H2,1H3,(H,22,24,25). The van der Waals surface area contributed by atoms with Crippen molar-refractivity contribution in [3.63, 3.8) is 0 Å². The molecule has 7 heteroatoms. The van der Waals surface area contributed by atoms with Crippen LogP contribution in [0.25, 0.3) is 6.08 Å². The number of aromatic nitrogens is 2. The molecule has 132 valence electrons. The molecule has 2 aromatic rings. The molecule has 0 radical (unpaired) electrons. The lowest BCUT2D eigenvalue weighted by Gasteiger charge is -2.17. The third-order valence-corrected chi connectivity index (χ3v) is 4.64. The number of nitrogens with zero attached hydrogens (tertiary/aromatic N) is 1. The van der Waals surface area contributed by atoms with Crippen LogP contribution in [0.3, 0.4) is 0 Å². The molecule has 3 nitrogen and oxygen atoms in total. The molecular weight excluding hydrogens is 349 g/mol. The zero-order chi connectivity index (χ0) is 18.2. The van der Waals surface area contributed by atoms with E-state index in [4.69, 9.17) is 12.2 Å². The van der Waals surface area contributed by atoms with E-state index in [-0.39, 0.29) is 10.3 Å². The lowest BCUT2D eigenvalue weighted by Crippen LogP contribution is -2.20. The minimum Gasteiger partial charge on any atom is -0.314 e. The summed E-state index contributed by atoms with van der Waals surface area (Å²) in [6.07, 6.45) is 1.18. The molecule has 0 aliphatic heterocycles. The maximum Gasteiger partial charge on any atom is 0.416 e. The van der Waals surface area contributed by atoms with Crippen molar-refractivity contribution in [1.29, 1.82) is 0 Å². The van der Waals surface area contributed by atoms with E-state index in [0.29, 0.717) is 30.5 Å². The highest BCUT2D eigenvalue weighted by Gasteiger charge is 2.31. The van der Waals surface area contributed by atoms with Crippen LogP contribution in [0.1, 0.15) is 41.3 Å². The molecular formula is C18H17F3N2OS. The second-order valence-corrected chi connectivity index (χ2v) is 6.43. The summed E-state index contributed by atoms with van der Waals surface area (Å²) in [4.78, 5) is 14.6. The van der Waals surface area contributed by atoms with Gasteiger partial charge in [-0.25, -0.2) is 0 Å². The molecule has 25 heavy (non-hydrogen) atoms. The van der Waals surface area contributed by atoms with Gasteiger partial charge in [0.1, 0.15) is 0 Å². The van der Waals surface area contributed by atoms with Crippen molar-refractivity contribution in [2.75, 3.05) is 0 Å². The molecule has 0 unspecified atom stereocenters. The van der Waals surface area contributed by atoms with Gasteiger partial charge in [-0.1, -0.05) is 25.5 Å². The summed E-state index contributed by atoms with van der Waals surface area (Å²) in [6, 6.07) is 3.82. The molecule has 1 aromatic carbocycles. The number of alkyl halides is 3. The van der Waals surface area contributed by atoms with Crippen LogP contribution in [0.2, 0.25) is 0 Å². The summed E-state index contributed by atoms with van der Waals surface area (Å²) in [6.45, 7) is 2.26. The van der Waals surface area contributed by atoms with Gasteiger partial charge in [0.15, 0.2) is 4.77 Å². The van der Waals surface area contributed by atoms with Gasteiger partial charge in [0, 0.05) is 5.56 Å². The fourth-order valence-corrected chi connectivity index (χ4v) is 3.35. The number of allylic oxidation sites excluding steroid dienone is 1. The molecule has 1 aliphatic carbocycles. The van der Waals surface area contributed by atoms with Gasteiger partial charge in [-0.05, 0) is 54.4 Å². The third-order valence-electron chi connectivity index (χ3n) is 4.32. The number of aromatic amines is 1. The predicted octanol–water partition coefficient (Wildman–Crippen LogP) is 4.49. The Kier molecular flexibility index (Phi) is 4.69. The van der Waals surface area contributed by atoms with E-state index in [1.807, 2.05) is 19.1 Å². The van der Waals surface area contributed by atoms with E-state index < -0.39 is 11.7 Å². The summed E-state index contributed by atoms with van der Waals surface area (Å²) in [5, 5.41) is 0. The molecule has 0 fully saturated rings. The average Bonchev–Trinajstić information content (AvgIpc) is 3.02. The topological polar surface area (TPSA) is 37.8 Å². The predicted molar refractivity (Wildman–Crippen MR) is 93.2 cm³/mol. The van der Waals surface area contributed by atoms with Gasteiger partial charge in [-0.2, -0.15) is 13.2 Å². The number of nitrogens with one attached hydrogen (secondary N) is 1. The number of aryl methyl sites for hydroxylation is 1. The SMILES string of the molecule is CCCc1cc(C(F)(F)F)ccc1Cn1c2c(c(=O)[nH]c1=S)CC=C2. The van der Waals surface area contributed by atoms with Gasteiger partial charge in [0.05, 0.1) is 17.8 Å². The summed E-state index contributed by atoms with van der Waals surface area (Å²) < 4.78 is 41.0. The molecule has 0 saturated heterocycles. The number of hydrogen-bond donors (Lipinski definition) is 1. The Balaban J connectivity index is 2.07. The first kappa shape index (κ1) is 17.7. The fraction of sp³-hybridized carbons (Fsp3) is 0.333. The minimum absolute atomic E-state index is 0.206. The van der Waals surface area contributed by atoms with Crippen molar-refractivity contribution in [3.05, 3.63) is 67.3 Å². The van der Waals surface area contributed by atoms with Gasteiger partial charge < -0.3 is 4.57 Å². The first-order chi connectivity index (χ1) is 11.8. The number of halogens is 3. The number of hydrogen-bond acceptors (Lipinski definition) is 2. The van der Waals surface area contributed by atoms with E-state index >= 15 is 0 Å². The van der Waals surface area contributed by atoms with Crippen LogP contribution in [-0.4, -0.2) is 9.55 Å². The maximum absolute atomic E-state index is 13.0. The van der Waals surface area contributed by atoms with Crippen LogP contribution in [0, 0.1) is 4.77 Å². The average molecular weight is 366 g/mol. The highest BCUT2D eigenvalue weighted by Crippen LogP contribution is 2.31. The van der Waals surface area contributed by atoms with Gasteiger partial charge >= 0.3 is 6.18 Å². The quantitative estimate of drug-likeness (QED) is 0.810. The summed E-state index contributed by atoms with van der Waals surface area (Å²) in [5.41, 5.74) is 1.95. The molecule has 0 atom stereocenters. The lowest BCUT2D eigenvalue weighted by atomic mass is 9.99. The van der Waals surface area contributed by atoms with Crippen molar-refractivity contribution in [3.8, 4) is 0 Å². The Bertz CT molecular complexity index is 954. The van der Waals surface area contributed by atoms with Crippen molar-refractivity contribution in [2.24, 2.45) is 0 Å². The van der Waals surface area contributed by atoms with Crippen LogP contribution in [-0.2, 0) is 25.6 Å². The molecule has 1 heterocycles. The van der Waals surface area contributed by atoms with Crippen LogP contribution >= 0.6 is 12.2 Å². The highest BCUT2D eigenvalue weighted by molar-refractivity contribution is 7.71. The highest BCUT2D eigenvalue weighted by atomic mass is 32.1. The van der Waals surface area contributed by atoms with Crippen LogP contribution < -0.4 is 5.56 Å². The Labute approximate surface area is 147 Å². The van der Waals surface area contributed by atoms with E-state index in [2.05, 4.69) is 4.98 Å². The number of fused-ring (bicyclic) bond motifs is 1. The molecule has 0 bridgehead atoms. The van der Waals surface area contributed by atoms with Crippen LogP contribution in [0.15, 0.2) is 29.1 Å². The second kappa shape index (κ2) is 6.63. The normalized spacial score (nSPS) is 13.3. The Morgan fingerprint density at radius 1 is 1.28 bits per heavy atom. The van der Waals surface area contributed by atoms with Gasteiger partial charge in [-0.3, -0.25) is 9.78 Å². The molecule has 1 N–H and O–H groups in total. The Hall–Kier alpha value is -2.15. The number of rotatable bonds is 4. The largest absolute Gasteiger partial charge is 0.416 e. The zero-order valence-electron chi connectivity index (χ0n) is 13.6. The van der Waals surface area contributed by atoms with Crippen molar-refractivity contribution >= 4 is 18.3 Å². The molecule has 0 saturated carbocycles. The second-order valence-electron chi connectivity index (χ2n) is 6.05. The zero-order valence-corrected chi connectivity index (χ0v) is 14.4. The Morgan fingerprint density at radius 3 is 2.72 bits per heavy atom. The summed E-state index contributed by atoms with van der Waals surface area (Å²) >= 11 is 5.27. The molecule has 1 aromatic heterocycles. The first-order valence-electron chi connectivity index (χ1n) is 8.02. The minimum atomic E-state index is -4.36. The van der Waals surface area contributed by atoms with Crippen LogP contribution in [0.4, 0.5) is 13.2 Å². The maximum atomic E-state index is 13.0. The monoisotopic (exact) mass is 366 g/mol. The number of benzene rings is 1. The van der Waals surface area contributed by atoms with E-state index in [0.717, 1.165) is 23.7 Å². The smallest absolute Gasteiger partial charge is 0.314 e. The molecule has 3 rings (SSSR count). The third kappa shape index (κ3) is 3.46. The van der Waals surface area contributed by atoms with Gasteiger partial charge in [0.2, 0.25) is 0 Å². The van der Waals surface area contributed by atoms with Crippen molar-refractivity contribution in [2.45, 2.75) is 38.9 Å². The molecule has 0 spiro atoms. The number of H-pyrrole nitrogens is 1. The van der Waals surface area contributed by atoms with E-state index in [1.165, 1.54) is 12.1 Å². The van der Waals surface area contributed by atoms with E-state index in [1.54, 1.807) is 4.57 Å². The van der Waals surface area contributed by atoms with Gasteiger partial charge in [0.25, 0.3) is 5.56 Å². The van der Waals surface area contributed by atoms with Crippen LogP contribution in [0.5, 0.6) is 0 Å².